The van der Waals surface area contributed by atoms with Crippen LogP contribution in [0.15, 0.2) is 158 Å². The van der Waals surface area contributed by atoms with Crippen LogP contribution in [0.4, 0.5) is 0 Å². The summed E-state index contributed by atoms with van der Waals surface area (Å²) in [5.74, 6) is 0. The van der Waals surface area contributed by atoms with Crippen molar-refractivity contribution in [2.24, 2.45) is 0 Å². The van der Waals surface area contributed by atoms with Gasteiger partial charge in [-0.1, -0.05) is 78.9 Å². The first kappa shape index (κ1) is 24.3. The van der Waals surface area contributed by atoms with E-state index in [1.165, 1.54) is 49.0 Å². The van der Waals surface area contributed by atoms with Crippen LogP contribution < -0.4 is 0 Å². The fraction of sp³-hybridized carbons (Fsp3) is 0. The Labute approximate surface area is 258 Å². The number of para-hydroxylation sites is 4. The number of benzene rings is 6. The lowest BCUT2D eigenvalue weighted by molar-refractivity contribution is 1.13. The molecule has 0 aliphatic carbocycles. The first-order valence-corrected chi connectivity index (χ1v) is 15.3. The topological polar surface area (TPSA) is 27.7 Å². The molecule has 0 bridgehead atoms. The summed E-state index contributed by atoms with van der Waals surface area (Å²) < 4.78 is 7.14. The van der Waals surface area contributed by atoms with Crippen LogP contribution in [-0.4, -0.2) is 18.7 Å². The van der Waals surface area contributed by atoms with Crippen molar-refractivity contribution >= 4 is 65.5 Å². The van der Waals surface area contributed by atoms with Crippen LogP contribution in [0.2, 0.25) is 0 Å². The summed E-state index contributed by atoms with van der Waals surface area (Å²) in [6.07, 6.45) is 1.88. The molecule has 10 rings (SSSR count). The monoisotopic (exact) mass is 574 g/mol. The third kappa shape index (κ3) is 3.34. The van der Waals surface area contributed by atoms with E-state index in [1.54, 1.807) is 0 Å². The van der Waals surface area contributed by atoms with E-state index in [1.807, 2.05) is 12.3 Å². The first-order valence-electron chi connectivity index (χ1n) is 15.3. The lowest BCUT2D eigenvalue weighted by atomic mass is 10.1. The van der Waals surface area contributed by atoms with E-state index in [0.717, 1.165) is 33.6 Å². The molecule has 0 aliphatic rings. The van der Waals surface area contributed by atoms with Crippen molar-refractivity contribution in [3.8, 4) is 17.1 Å². The third-order valence-corrected chi connectivity index (χ3v) is 9.27. The van der Waals surface area contributed by atoms with Gasteiger partial charge < -0.3 is 9.13 Å². The molecular weight excluding hydrogens is 548 g/mol. The van der Waals surface area contributed by atoms with Crippen LogP contribution in [0, 0.1) is 0 Å². The average Bonchev–Trinajstić information content (AvgIpc) is 3.74. The SMILES string of the molecule is c1ccc(-n2c3ccccc3c3c2ccc2c4ccccc4n(-c4ccc5c(c4)c4cccnc4n5-c4ccccc4)c23)cc1. The fourth-order valence-electron chi connectivity index (χ4n) is 7.44. The molecule has 0 saturated heterocycles. The summed E-state index contributed by atoms with van der Waals surface area (Å²) in [6.45, 7) is 0. The molecule has 0 unspecified atom stereocenters. The fourth-order valence-corrected chi connectivity index (χ4v) is 7.44. The van der Waals surface area contributed by atoms with Gasteiger partial charge in [0.2, 0.25) is 0 Å². The normalized spacial score (nSPS) is 12.0. The zero-order chi connectivity index (χ0) is 29.5. The van der Waals surface area contributed by atoms with Gasteiger partial charge in [0, 0.05) is 55.6 Å². The summed E-state index contributed by atoms with van der Waals surface area (Å²) >= 11 is 0. The number of fused-ring (bicyclic) bond motifs is 10. The van der Waals surface area contributed by atoms with Gasteiger partial charge in [0.15, 0.2) is 0 Å². The van der Waals surface area contributed by atoms with E-state index in [4.69, 9.17) is 4.98 Å². The molecule has 4 aromatic heterocycles. The van der Waals surface area contributed by atoms with Crippen molar-refractivity contribution in [2.75, 3.05) is 0 Å². The minimum Gasteiger partial charge on any atom is -0.309 e. The van der Waals surface area contributed by atoms with E-state index in [-0.39, 0.29) is 0 Å². The Hall–Kier alpha value is -6.13. The number of hydrogen-bond acceptors (Lipinski definition) is 1. The molecule has 0 aliphatic heterocycles. The maximum absolute atomic E-state index is 4.85. The van der Waals surface area contributed by atoms with Crippen LogP contribution in [0.25, 0.3) is 82.6 Å². The highest BCUT2D eigenvalue weighted by Gasteiger charge is 2.21. The second-order valence-corrected chi connectivity index (χ2v) is 11.6. The zero-order valence-electron chi connectivity index (χ0n) is 24.3. The summed E-state index contributed by atoms with van der Waals surface area (Å²) in [6, 6.07) is 54.5. The summed E-state index contributed by atoms with van der Waals surface area (Å²) in [7, 11) is 0. The Balaban J connectivity index is 1.36. The van der Waals surface area contributed by atoms with Gasteiger partial charge in [0.05, 0.1) is 27.6 Å². The molecule has 6 aromatic carbocycles. The zero-order valence-corrected chi connectivity index (χ0v) is 24.3. The summed E-state index contributed by atoms with van der Waals surface area (Å²) in [4.78, 5) is 4.85. The minimum absolute atomic E-state index is 0.964. The van der Waals surface area contributed by atoms with Gasteiger partial charge in [-0.25, -0.2) is 4.98 Å². The molecule has 10 aromatic rings. The first-order chi connectivity index (χ1) is 22.4. The van der Waals surface area contributed by atoms with Gasteiger partial charge in [-0.3, -0.25) is 4.57 Å². The van der Waals surface area contributed by atoms with Crippen LogP contribution in [0.3, 0.4) is 0 Å². The molecule has 0 N–H and O–H groups in total. The van der Waals surface area contributed by atoms with Crippen LogP contribution >= 0.6 is 0 Å². The molecule has 4 heterocycles. The Morgan fingerprint density at radius 3 is 1.73 bits per heavy atom. The highest BCUT2D eigenvalue weighted by Crippen LogP contribution is 2.42. The predicted molar refractivity (Wildman–Crippen MR) is 187 cm³/mol. The average molecular weight is 575 g/mol. The van der Waals surface area contributed by atoms with Crippen molar-refractivity contribution in [2.45, 2.75) is 0 Å². The highest BCUT2D eigenvalue weighted by atomic mass is 15.1. The van der Waals surface area contributed by atoms with E-state index in [9.17, 15) is 0 Å². The van der Waals surface area contributed by atoms with Gasteiger partial charge >= 0.3 is 0 Å². The van der Waals surface area contributed by atoms with Crippen molar-refractivity contribution in [1.29, 1.82) is 0 Å². The molecule has 0 radical (unpaired) electrons. The summed E-state index contributed by atoms with van der Waals surface area (Å²) in [5, 5.41) is 7.34. The molecule has 0 saturated carbocycles. The van der Waals surface area contributed by atoms with Gasteiger partial charge in [0.1, 0.15) is 5.65 Å². The molecule has 45 heavy (non-hydrogen) atoms. The maximum Gasteiger partial charge on any atom is 0.145 e. The number of nitrogens with zero attached hydrogens (tertiary/aromatic N) is 4. The highest BCUT2D eigenvalue weighted by molar-refractivity contribution is 6.26. The van der Waals surface area contributed by atoms with E-state index in [0.29, 0.717) is 0 Å². The Morgan fingerprint density at radius 1 is 0.356 bits per heavy atom. The van der Waals surface area contributed by atoms with Crippen molar-refractivity contribution in [3.05, 3.63) is 158 Å². The van der Waals surface area contributed by atoms with Gasteiger partial charge in [-0.2, -0.15) is 0 Å². The second kappa shape index (κ2) is 9.18. The van der Waals surface area contributed by atoms with Crippen molar-refractivity contribution in [3.63, 3.8) is 0 Å². The van der Waals surface area contributed by atoms with E-state index >= 15 is 0 Å². The van der Waals surface area contributed by atoms with Crippen LogP contribution in [0.1, 0.15) is 0 Å². The lowest BCUT2D eigenvalue weighted by Crippen LogP contribution is -1.96. The van der Waals surface area contributed by atoms with E-state index < -0.39 is 0 Å². The molecule has 4 heteroatoms. The Kier molecular flexibility index (Phi) is 4.96. The van der Waals surface area contributed by atoms with Crippen LogP contribution in [-0.2, 0) is 0 Å². The Morgan fingerprint density at radius 2 is 0.956 bits per heavy atom. The van der Waals surface area contributed by atoms with Crippen molar-refractivity contribution in [1.82, 2.24) is 18.7 Å². The molecule has 0 amide bonds. The standard InChI is InChI=1S/C41H26N4/c1-3-12-27(13-4-1)43-36-20-10-8-17-33(36)39-38(43)24-22-31-30-16-7-9-19-35(30)44(40(31)39)29-21-23-37-34(26-29)32-18-11-25-42-41(32)45(37)28-14-5-2-6-15-28/h1-26H. The second-order valence-electron chi connectivity index (χ2n) is 11.6. The van der Waals surface area contributed by atoms with Gasteiger partial charge in [-0.15, -0.1) is 0 Å². The van der Waals surface area contributed by atoms with Gasteiger partial charge in [-0.05, 0) is 72.8 Å². The smallest absolute Gasteiger partial charge is 0.145 e. The van der Waals surface area contributed by atoms with Crippen LogP contribution in [0.5, 0.6) is 0 Å². The predicted octanol–water partition coefficient (Wildman–Crippen LogP) is 10.4. The van der Waals surface area contributed by atoms with Crippen molar-refractivity contribution < 1.29 is 0 Å². The number of aromatic nitrogens is 4. The molecule has 4 nitrogen and oxygen atoms in total. The van der Waals surface area contributed by atoms with Gasteiger partial charge in [0.25, 0.3) is 0 Å². The molecular formula is C41H26N4. The molecule has 0 atom stereocenters. The lowest BCUT2D eigenvalue weighted by Gasteiger charge is -2.11. The largest absolute Gasteiger partial charge is 0.309 e. The quantitative estimate of drug-likeness (QED) is 0.206. The summed E-state index contributed by atoms with van der Waals surface area (Å²) in [5.41, 5.74) is 10.3. The molecule has 0 spiro atoms. The number of pyridine rings is 1. The number of hydrogen-bond donors (Lipinski definition) is 0. The molecule has 0 fully saturated rings. The molecule has 210 valence electrons. The number of rotatable bonds is 3. The van der Waals surface area contributed by atoms with E-state index in [2.05, 4.69) is 159 Å². The Bertz CT molecular complexity index is 2750. The minimum atomic E-state index is 0.964. The maximum atomic E-state index is 4.85. The third-order valence-electron chi connectivity index (χ3n) is 9.27.